The van der Waals surface area contributed by atoms with Crippen molar-refractivity contribution in [3.63, 3.8) is 0 Å². The lowest BCUT2D eigenvalue weighted by molar-refractivity contribution is 0.00443. The average molecular weight is 216 g/mol. The van der Waals surface area contributed by atoms with Gasteiger partial charge in [-0.15, -0.1) is 11.3 Å². The van der Waals surface area contributed by atoms with E-state index in [0.29, 0.717) is 16.7 Å². The highest BCUT2D eigenvalue weighted by Gasteiger charge is 2.18. The summed E-state index contributed by atoms with van der Waals surface area (Å²) >= 11 is 1.21. The molecule has 0 saturated carbocycles. The van der Waals surface area contributed by atoms with Crippen molar-refractivity contribution in [1.29, 1.82) is 0 Å². The average Bonchev–Trinajstić information content (AvgIpc) is 2.65. The second-order valence-electron chi connectivity index (χ2n) is 2.92. The maximum Gasteiger partial charge on any atom is 0.160 e. The summed E-state index contributed by atoms with van der Waals surface area (Å²) in [6, 6.07) is 1.53. The molecule has 14 heavy (non-hydrogen) atoms. The van der Waals surface area contributed by atoms with Gasteiger partial charge in [-0.3, -0.25) is 4.79 Å². The van der Waals surface area contributed by atoms with Gasteiger partial charge in [-0.05, 0) is 23.4 Å². The normalized spacial score (nSPS) is 15.1. The minimum atomic E-state index is -1.04. The minimum Gasteiger partial charge on any atom is -0.396 e. The summed E-state index contributed by atoms with van der Waals surface area (Å²) in [7, 11) is 0. The van der Waals surface area contributed by atoms with Gasteiger partial charge in [0.2, 0.25) is 0 Å². The molecule has 0 aliphatic rings. The number of aliphatic hydroxyl groups is 3. The number of carbonyl (C=O) groups excluding carboxylic acids is 1. The van der Waals surface area contributed by atoms with E-state index in [9.17, 15) is 15.0 Å². The van der Waals surface area contributed by atoms with Crippen LogP contribution in [-0.4, -0.2) is 34.3 Å². The fourth-order valence-electron chi connectivity index (χ4n) is 1.10. The van der Waals surface area contributed by atoms with Crippen LogP contribution in [0.1, 0.15) is 27.8 Å². The highest BCUT2D eigenvalue weighted by atomic mass is 32.1. The van der Waals surface area contributed by atoms with Crippen molar-refractivity contribution in [2.45, 2.75) is 18.6 Å². The molecule has 2 unspecified atom stereocenters. The predicted octanol–water partition coefficient (Wildman–Crippen LogP) is 0.337. The quantitative estimate of drug-likeness (QED) is 0.620. The maximum absolute atomic E-state index is 10.4. The van der Waals surface area contributed by atoms with Gasteiger partial charge in [-0.1, -0.05) is 0 Å². The van der Waals surface area contributed by atoms with Gasteiger partial charge in [-0.2, -0.15) is 0 Å². The van der Waals surface area contributed by atoms with Crippen molar-refractivity contribution in [2.75, 3.05) is 6.61 Å². The highest BCUT2D eigenvalue weighted by Crippen LogP contribution is 2.23. The third kappa shape index (κ3) is 2.62. The fraction of sp³-hybridized carbons (Fsp3) is 0.444. The lowest BCUT2D eigenvalue weighted by atomic mass is 10.1. The van der Waals surface area contributed by atoms with Crippen LogP contribution in [0.2, 0.25) is 0 Å². The Morgan fingerprint density at radius 1 is 1.50 bits per heavy atom. The summed E-state index contributed by atoms with van der Waals surface area (Å²) in [5.74, 6) is 0. The monoisotopic (exact) mass is 216 g/mol. The number of carbonyl (C=O) groups is 1. The molecule has 1 aromatic rings. The van der Waals surface area contributed by atoms with Crippen molar-refractivity contribution in [1.82, 2.24) is 0 Å². The Bertz CT molecular complexity index is 297. The molecular formula is C9H12O4S. The first-order valence-corrected chi connectivity index (χ1v) is 5.07. The molecule has 78 valence electrons. The first-order valence-electron chi connectivity index (χ1n) is 4.19. The topological polar surface area (TPSA) is 77.8 Å². The molecule has 0 amide bonds. The largest absolute Gasteiger partial charge is 0.396 e. The molecule has 2 atom stereocenters. The van der Waals surface area contributed by atoms with Gasteiger partial charge in [0, 0.05) is 6.61 Å². The van der Waals surface area contributed by atoms with Gasteiger partial charge >= 0.3 is 0 Å². The number of aldehydes is 1. The Hall–Kier alpha value is -0.750. The number of thiophene rings is 1. The molecule has 0 fully saturated rings. The van der Waals surface area contributed by atoms with E-state index in [-0.39, 0.29) is 13.0 Å². The molecule has 3 N–H and O–H groups in total. The summed E-state index contributed by atoms with van der Waals surface area (Å²) in [6.45, 7) is -0.178. The highest BCUT2D eigenvalue weighted by molar-refractivity contribution is 7.11. The Morgan fingerprint density at radius 2 is 2.21 bits per heavy atom. The van der Waals surface area contributed by atoms with E-state index in [1.165, 1.54) is 17.4 Å². The van der Waals surface area contributed by atoms with Crippen LogP contribution in [0.25, 0.3) is 0 Å². The smallest absolute Gasteiger partial charge is 0.160 e. The fourth-order valence-corrected chi connectivity index (χ4v) is 1.84. The van der Waals surface area contributed by atoms with Crippen LogP contribution in [0, 0.1) is 0 Å². The summed E-state index contributed by atoms with van der Waals surface area (Å²) in [5, 5.41) is 29.1. The van der Waals surface area contributed by atoms with E-state index in [2.05, 4.69) is 0 Å². The van der Waals surface area contributed by atoms with Crippen molar-refractivity contribution >= 4 is 17.6 Å². The summed E-state index contributed by atoms with van der Waals surface area (Å²) in [6.07, 6.45) is -1.21. The number of hydrogen-bond donors (Lipinski definition) is 3. The number of hydrogen-bond acceptors (Lipinski definition) is 5. The Morgan fingerprint density at radius 3 is 2.71 bits per heavy atom. The Balaban J connectivity index is 2.67. The molecular weight excluding hydrogens is 204 g/mol. The molecule has 0 bridgehead atoms. The zero-order valence-electron chi connectivity index (χ0n) is 7.46. The third-order valence-electron chi connectivity index (χ3n) is 1.89. The van der Waals surface area contributed by atoms with Gasteiger partial charge in [0.1, 0.15) is 6.10 Å². The zero-order valence-corrected chi connectivity index (χ0v) is 8.28. The van der Waals surface area contributed by atoms with E-state index < -0.39 is 12.2 Å². The molecule has 0 aliphatic heterocycles. The van der Waals surface area contributed by atoms with Crippen molar-refractivity contribution in [3.05, 3.63) is 21.9 Å². The molecule has 5 heteroatoms. The van der Waals surface area contributed by atoms with E-state index in [0.717, 1.165) is 0 Å². The van der Waals surface area contributed by atoms with Gasteiger partial charge in [-0.25, -0.2) is 0 Å². The van der Waals surface area contributed by atoms with E-state index in [1.807, 2.05) is 0 Å². The summed E-state index contributed by atoms with van der Waals surface area (Å²) < 4.78 is 0. The lowest BCUT2D eigenvalue weighted by Crippen LogP contribution is -2.18. The van der Waals surface area contributed by atoms with Crippen molar-refractivity contribution in [2.24, 2.45) is 0 Å². The van der Waals surface area contributed by atoms with Crippen LogP contribution in [0.15, 0.2) is 11.4 Å². The minimum absolute atomic E-state index is 0.118. The first kappa shape index (κ1) is 11.3. The Kier molecular flexibility index (Phi) is 4.21. The molecule has 0 aliphatic carbocycles. The number of rotatable bonds is 5. The van der Waals surface area contributed by atoms with Crippen LogP contribution in [0.5, 0.6) is 0 Å². The van der Waals surface area contributed by atoms with E-state index >= 15 is 0 Å². The SMILES string of the molecule is O=Cc1cc(C(O)C(O)CCO)cs1. The summed E-state index contributed by atoms with van der Waals surface area (Å²) in [4.78, 5) is 10.9. The van der Waals surface area contributed by atoms with Crippen LogP contribution in [0.4, 0.5) is 0 Å². The lowest BCUT2D eigenvalue weighted by Gasteiger charge is -2.15. The van der Waals surface area contributed by atoms with Gasteiger partial charge in [0.05, 0.1) is 11.0 Å². The van der Waals surface area contributed by atoms with Crippen LogP contribution < -0.4 is 0 Å². The van der Waals surface area contributed by atoms with E-state index in [1.54, 1.807) is 5.38 Å². The van der Waals surface area contributed by atoms with Crippen LogP contribution >= 0.6 is 11.3 Å². The molecule has 1 aromatic heterocycles. The molecule has 0 aromatic carbocycles. The number of aliphatic hydroxyl groups excluding tert-OH is 3. The van der Waals surface area contributed by atoms with Crippen molar-refractivity contribution in [3.8, 4) is 0 Å². The second kappa shape index (κ2) is 5.21. The standard InChI is InChI=1S/C9H12O4S/c10-2-1-8(12)9(13)6-3-7(4-11)14-5-6/h3-5,8-10,12-13H,1-2H2. The molecule has 1 rings (SSSR count). The molecule has 0 spiro atoms. The zero-order chi connectivity index (χ0) is 10.6. The summed E-state index contributed by atoms with van der Waals surface area (Å²) in [5.41, 5.74) is 0.512. The van der Waals surface area contributed by atoms with Gasteiger partial charge < -0.3 is 15.3 Å². The second-order valence-corrected chi connectivity index (χ2v) is 3.87. The molecule has 4 nitrogen and oxygen atoms in total. The molecule has 0 radical (unpaired) electrons. The molecule has 1 heterocycles. The maximum atomic E-state index is 10.4. The predicted molar refractivity (Wildman–Crippen MR) is 52.4 cm³/mol. The van der Waals surface area contributed by atoms with Crippen LogP contribution in [0.3, 0.4) is 0 Å². The van der Waals surface area contributed by atoms with E-state index in [4.69, 9.17) is 5.11 Å². The Labute approximate surface area is 85.4 Å². The van der Waals surface area contributed by atoms with Crippen LogP contribution in [-0.2, 0) is 0 Å². The van der Waals surface area contributed by atoms with Crippen molar-refractivity contribution < 1.29 is 20.1 Å². The van der Waals surface area contributed by atoms with Gasteiger partial charge in [0.25, 0.3) is 0 Å². The first-order chi connectivity index (χ1) is 6.69. The third-order valence-corrected chi connectivity index (χ3v) is 2.76. The molecule has 0 saturated heterocycles. The van der Waals surface area contributed by atoms with Gasteiger partial charge in [0.15, 0.2) is 6.29 Å².